The van der Waals surface area contributed by atoms with Gasteiger partial charge in [0.2, 0.25) is 11.7 Å². The van der Waals surface area contributed by atoms with Gasteiger partial charge in [-0.3, -0.25) is 4.79 Å². The minimum absolute atomic E-state index is 0.105. The third kappa shape index (κ3) is 3.60. The molecule has 0 saturated carbocycles. The van der Waals surface area contributed by atoms with E-state index in [4.69, 9.17) is 18.9 Å². The average molecular weight is 437 g/mol. The number of β-lactam (4-membered cyclic amide) rings is 1. The van der Waals surface area contributed by atoms with E-state index in [1.165, 1.54) is 33.5 Å². The fourth-order valence-corrected chi connectivity index (χ4v) is 4.12. The van der Waals surface area contributed by atoms with Crippen molar-refractivity contribution in [2.45, 2.75) is 12.0 Å². The van der Waals surface area contributed by atoms with Gasteiger partial charge in [0.15, 0.2) is 11.5 Å². The van der Waals surface area contributed by atoms with Crippen LogP contribution in [0.2, 0.25) is 0 Å². The highest BCUT2D eigenvalue weighted by Gasteiger charge is 2.50. The van der Waals surface area contributed by atoms with E-state index in [0.29, 0.717) is 22.9 Å². The van der Waals surface area contributed by atoms with E-state index in [2.05, 4.69) is 0 Å². The molecule has 0 radical (unpaired) electrons. The normalized spacial score (nSPS) is 17.5. The molecule has 1 aliphatic rings. The summed E-state index contributed by atoms with van der Waals surface area (Å²) in [4.78, 5) is 15.1. The first-order valence-electron chi connectivity index (χ1n) is 10.0. The number of benzene rings is 3. The smallest absolute Gasteiger partial charge is 0.237 e. The molecule has 1 saturated heterocycles. The highest BCUT2D eigenvalue weighted by Crippen LogP contribution is 2.52. The first-order valence-corrected chi connectivity index (χ1v) is 10.0. The molecule has 7 heteroatoms. The van der Waals surface area contributed by atoms with Gasteiger partial charge >= 0.3 is 0 Å². The zero-order chi connectivity index (χ0) is 22.8. The van der Waals surface area contributed by atoms with Gasteiger partial charge in [-0.25, -0.2) is 4.39 Å². The molecule has 6 nitrogen and oxygen atoms in total. The highest BCUT2D eigenvalue weighted by molar-refractivity contribution is 6.07. The molecule has 1 aliphatic heterocycles. The maximum absolute atomic E-state index is 13.5. The predicted octanol–water partition coefficient (Wildman–Crippen LogP) is 4.73. The zero-order valence-electron chi connectivity index (χ0n) is 18.3. The molecular formula is C25H24FNO5. The van der Waals surface area contributed by atoms with Crippen LogP contribution in [0.15, 0.2) is 60.7 Å². The van der Waals surface area contributed by atoms with Crippen LogP contribution in [0.1, 0.15) is 23.1 Å². The Morgan fingerprint density at radius 2 is 1.31 bits per heavy atom. The number of ether oxygens (including phenoxy) is 4. The van der Waals surface area contributed by atoms with Gasteiger partial charge in [-0.15, -0.1) is 0 Å². The van der Waals surface area contributed by atoms with Gasteiger partial charge in [-0.1, -0.05) is 24.3 Å². The van der Waals surface area contributed by atoms with Crippen molar-refractivity contribution in [3.05, 3.63) is 77.6 Å². The van der Waals surface area contributed by atoms with Gasteiger partial charge in [0.25, 0.3) is 0 Å². The van der Waals surface area contributed by atoms with E-state index in [1.54, 1.807) is 36.3 Å². The number of anilines is 1. The number of halogens is 1. The quantitative estimate of drug-likeness (QED) is 0.500. The average Bonchev–Trinajstić information content (AvgIpc) is 2.83. The number of amides is 1. The molecule has 32 heavy (non-hydrogen) atoms. The Bertz CT molecular complexity index is 1090. The molecule has 166 valence electrons. The molecule has 0 aliphatic carbocycles. The summed E-state index contributed by atoms with van der Waals surface area (Å²) >= 11 is 0. The van der Waals surface area contributed by atoms with Crippen LogP contribution in [-0.2, 0) is 4.79 Å². The summed E-state index contributed by atoms with van der Waals surface area (Å²) in [6, 6.07) is 16.8. The van der Waals surface area contributed by atoms with E-state index in [9.17, 15) is 9.18 Å². The maximum Gasteiger partial charge on any atom is 0.237 e. The van der Waals surface area contributed by atoms with Crippen LogP contribution in [-0.4, -0.2) is 34.3 Å². The predicted molar refractivity (Wildman–Crippen MR) is 118 cm³/mol. The molecule has 4 rings (SSSR count). The van der Waals surface area contributed by atoms with Crippen molar-refractivity contribution in [2.75, 3.05) is 33.3 Å². The van der Waals surface area contributed by atoms with Gasteiger partial charge in [-0.05, 0) is 35.4 Å². The number of hydrogen-bond donors (Lipinski definition) is 0. The number of rotatable bonds is 7. The molecule has 0 aromatic heterocycles. The fourth-order valence-electron chi connectivity index (χ4n) is 4.12. The first-order chi connectivity index (χ1) is 15.5. The topological polar surface area (TPSA) is 57.2 Å². The van der Waals surface area contributed by atoms with Crippen molar-refractivity contribution in [1.29, 1.82) is 0 Å². The molecule has 1 fully saturated rings. The number of nitrogens with zero attached hydrogens (tertiary/aromatic N) is 1. The molecule has 1 amide bonds. The Kier molecular flexibility index (Phi) is 5.90. The molecule has 0 spiro atoms. The highest BCUT2D eigenvalue weighted by atomic mass is 19.1. The summed E-state index contributed by atoms with van der Waals surface area (Å²) in [5, 5.41) is 0. The lowest BCUT2D eigenvalue weighted by atomic mass is 9.77. The monoisotopic (exact) mass is 437 g/mol. The number of methoxy groups -OCH3 is 4. The Morgan fingerprint density at radius 1 is 0.750 bits per heavy atom. The van der Waals surface area contributed by atoms with E-state index in [1.807, 2.05) is 24.3 Å². The molecule has 1 heterocycles. The van der Waals surface area contributed by atoms with Crippen LogP contribution in [0.25, 0.3) is 0 Å². The Balaban J connectivity index is 1.81. The van der Waals surface area contributed by atoms with Crippen LogP contribution in [0.3, 0.4) is 0 Å². The number of carbonyl (C=O) groups is 1. The fraction of sp³-hybridized carbons (Fsp3) is 0.240. The molecule has 3 aromatic rings. The second kappa shape index (κ2) is 8.78. The van der Waals surface area contributed by atoms with Crippen molar-refractivity contribution >= 4 is 11.6 Å². The van der Waals surface area contributed by atoms with Crippen LogP contribution in [0, 0.1) is 5.82 Å². The van der Waals surface area contributed by atoms with Crippen molar-refractivity contribution in [1.82, 2.24) is 0 Å². The minimum atomic E-state index is -0.455. The Hall–Kier alpha value is -3.74. The van der Waals surface area contributed by atoms with Crippen LogP contribution in [0.4, 0.5) is 10.1 Å². The van der Waals surface area contributed by atoms with Gasteiger partial charge in [0.1, 0.15) is 11.6 Å². The van der Waals surface area contributed by atoms with Gasteiger partial charge in [0, 0.05) is 12.1 Å². The summed E-state index contributed by atoms with van der Waals surface area (Å²) in [5.41, 5.74) is 2.29. The van der Waals surface area contributed by atoms with Crippen molar-refractivity contribution in [2.24, 2.45) is 0 Å². The summed E-state index contributed by atoms with van der Waals surface area (Å²) in [6.07, 6.45) is 0. The second-order valence-electron chi connectivity index (χ2n) is 7.34. The van der Waals surface area contributed by atoms with E-state index in [0.717, 1.165) is 16.9 Å². The lowest BCUT2D eigenvalue weighted by Gasteiger charge is -2.48. The Morgan fingerprint density at radius 3 is 1.81 bits per heavy atom. The maximum atomic E-state index is 13.5. The van der Waals surface area contributed by atoms with E-state index in [-0.39, 0.29) is 17.8 Å². The SMILES string of the molecule is COc1ccc([C@H]2[C@H](c3ccc(F)cc3)C(=O)N2c2cc(OC)c(OC)c(OC)c2)cc1. The third-order valence-corrected chi connectivity index (χ3v) is 5.71. The molecular weight excluding hydrogens is 413 g/mol. The third-order valence-electron chi connectivity index (χ3n) is 5.71. The number of carbonyl (C=O) groups excluding carboxylic acids is 1. The first kappa shape index (κ1) is 21.5. The van der Waals surface area contributed by atoms with Crippen LogP contribution in [0.5, 0.6) is 23.0 Å². The van der Waals surface area contributed by atoms with Crippen molar-refractivity contribution < 1.29 is 28.1 Å². The van der Waals surface area contributed by atoms with Gasteiger partial charge in [0.05, 0.1) is 46.1 Å². The molecule has 0 bridgehead atoms. The zero-order valence-corrected chi connectivity index (χ0v) is 18.3. The number of hydrogen-bond acceptors (Lipinski definition) is 5. The summed E-state index contributed by atoms with van der Waals surface area (Å²) in [6.45, 7) is 0. The lowest BCUT2D eigenvalue weighted by Crippen LogP contribution is -2.53. The Labute approximate surface area is 186 Å². The van der Waals surface area contributed by atoms with Crippen LogP contribution < -0.4 is 23.8 Å². The van der Waals surface area contributed by atoms with Crippen molar-refractivity contribution in [3.63, 3.8) is 0 Å². The molecule has 3 aromatic carbocycles. The van der Waals surface area contributed by atoms with E-state index >= 15 is 0 Å². The minimum Gasteiger partial charge on any atom is -0.497 e. The molecule has 0 N–H and O–H groups in total. The lowest BCUT2D eigenvalue weighted by molar-refractivity contribution is -0.126. The second-order valence-corrected chi connectivity index (χ2v) is 7.34. The van der Waals surface area contributed by atoms with Gasteiger partial charge < -0.3 is 23.8 Å². The largest absolute Gasteiger partial charge is 0.497 e. The van der Waals surface area contributed by atoms with E-state index < -0.39 is 5.92 Å². The summed E-state index contributed by atoms with van der Waals surface area (Å²) in [7, 11) is 6.19. The molecule has 0 unspecified atom stereocenters. The van der Waals surface area contributed by atoms with Gasteiger partial charge in [-0.2, -0.15) is 0 Å². The molecule has 2 atom stereocenters. The van der Waals surface area contributed by atoms with Crippen LogP contribution >= 0.6 is 0 Å². The summed E-state index contributed by atoms with van der Waals surface area (Å²) in [5.74, 6) is 1.17. The standard InChI is InChI=1S/C25H24FNO5/c1-29-19-11-7-16(8-12-19)23-22(15-5-9-17(26)10-6-15)25(28)27(23)18-13-20(30-2)24(32-4)21(14-18)31-3/h5-14,22-23H,1-4H3/t22-,23-/m0/s1. The van der Waals surface area contributed by atoms with Crippen molar-refractivity contribution in [3.8, 4) is 23.0 Å². The summed E-state index contributed by atoms with van der Waals surface area (Å²) < 4.78 is 35.1.